The Bertz CT molecular complexity index is 1690. The van der Waals surface area contributed by atoms with Gasteiger partial charge in [0.1, 0.15) is 6.04 Å². The summed E-state index contributed by atoms with van der Waals surface area (Å²) < 4.78 is 12.9. The summed E-state index contributed by atoms with van der Waals surface area (Å²) in [6, 6.07) is 56.1. The topological polar surface area (TPSA) is 78.6 Å². The van der Waals surface area contributed by atoms with E-state index in [1.807, 2.05) is 182 Å². The molecule has 232 valence electrons. The zero-order valence-electron chi connectivity index (χ0n) is 25.8. The van der Waals surface area contributed by atoms with Gasteiger partial charge in [0.15, 0.2) is 11.2 Å². The van der Waals surface area contributed by atoms with Crippen LogP contribution in [0.15, 0.2) is 182 Å². The number of carbonyl (C=O) groups is 2. The first-order valence-electron chi connectivity index (χ1n) is 15.6. The molecule has 0 saturated carbocycles. The lowest BCUT2D eigenvalue weighted by Crippen LogP contribution is -2.44. The molecular weight excluding hydrogens is 582 g/mol. The van der Waals surface area contributed by atoms with Crippen molar-refractivity contribution in [3.8, 4) is 0 Å². The summed E-state index contributed by atoms with van der Waals surface area (Å²) in [6.45, 7) is 0. The van der Waals surface area contributed by atoms with Crippen LogP contribution in [0.3, 0.4) is 0 Å². The molecule has 0 fully saturated rings. The maximum atomic E-state index is 14.0. The molecule has 0 aliphatic carbocycles. The predicted octanol–water partition coefficient (Wildman–Crippen LogP) is 7.77. The Kier molecular flexibility index (Phi) is 9.37. The largest absolute Gasteiger partial charge is 0.444 e. The highest BCUT2D eigenvalue weighted by atomic mass is 16.6. The average molecular weight is 618 g/mol. The lowest BCUT2D eigenvalue weighted by Gasteiger charge is -2.37. The fourth-order valence-electron chi connectivity index (χ4n) is 6.09. The molecular formula is C42H35NO4. The van der Waals surface area contributed by atoms with E-state index in [1.54, 1.807) is 0 Å². The Hall–Kier alpha value is -5.78. The number of benzene rings is 6. The van der Waals surface area contributed by atoms with Crippen LogP contribution in [0.5, 0.6) is 0 Å². The van der Waals surface area contributed by atoms with Crippen molar-refractivity contribution in [2.24, 2.45) is 5.73 Å². The number of carbonyl (C=O) groups excluding carboxylic acids is 2. The summed E-state index contributed by atoms with van der Waals surface area (Å²) in [5.41, 5.74) is 8.45. The van der Waals surface area contributed by atoms with E-state index < -0.39 is 35.6 Å². The van der Waals surface area contributed by atoms with E-state index in [0.29, 0.717) is 0 Å². The maximum Gasteiger partial charge on any atom is 0.325 e. The maximum absolute atomic E-state index is 14.0. The summed E-state index contributed by atoms with van der Waals surface area (Å²) in [5.74, 6) is -1.38. The molecule has 0 aliphatic rings. The standard InChI is InChI=1S/C42H35NO4/c43-38(40(45)47-42(35-25-13-4-14-26-35,36-27-15-5-16-28-36)37-29-17-6-18-30-37)31-39(44)46-41(32-19-7-1-8-20-32,33-21-9-2-10-22-33)34-23-11-3-12-24-34/h1-30,38H,31,43H2. The van der Waals surface area contributed by atoms with Gasteiger partial charge >= 0.3 is 11.9 Å². The third-order valence-electron chi connectivity index (χ3n) is 8.29. The Labute approximate surface area is 275 Å². The second-order valence-corrected chi connectivity index (χ2v) is 11.3. The molecule has 0 radical (unpaired) electrons. The summed E-state index contributed by atoms with van der Waals surface area (Å²) in [7, 11) is 0. The molecule has 5 heteroatoms. The summed E-state index contributed by atoms with van der Waals surface area (Å²) in [5, 5.41) is 0. The Morgan fingerprint density at radius 3 is 0.915 bits per heavy atom. The van der Waals surface area contributed by atoms with Gasteiger partial charge in [-0.2, -0.15) is 0 Å². The minimum Gasteiger partial charge on any atom is -0.444 e. The summed E-state index contributed by atoms with van der Waals surface area (Å²) >= 11 is 0. The molecule has 1 unspecified atom stereocenters. The first-order valence-corrected chi connectivity index (χ1v) is 15.6. The van der Waals surface area contributed by atoms with Crippen LogP contribution in [-0.2, 0) is 30.3 Å². The van der Waals surface area contributed by atoms with Crippen LogP contribution in [0.4, 0.5) is 0 Å². The molecule has 47 heavy (non-hydrogen) atoms. The molecule has 0 spiro atoms. The highest BCUT2D eigenvalue weighted by Gasteiger charge is 2.44. The SMILES string of the molecule is NC(CC(=O)OC(c1ccccc1)(c1ccccc1)c1ccccc1)C(=O)OC(c1ccccc1)(c1ccccc1)c1ccccc1. The van der Waals surface area contributed by atoms with Gasteiger partial charge in [-0.1, -0.05) is 182 Å². The van der Waals surface area contributed by atoms with Gasteiger partial charge in [0.2, 0.25) is 0 Å². The van der Waals surface area contributed by atoms with Gasteiger partial charge in [-0.15, -0.1) is 0 Å². The highest BCUT2D eigenvalue weighted by Crippen LogP contribution is 2.42. The van der Waals surface area contributed by atoms with Gasteiger partial charge in [0.05, 0.1) is 6.42 Å². The monoisotopic (exact) mass is 617 g/mol. The number of nitrogens with two attached hydrogens (primary N) is 1. The molecule has 0 heterocycles. The molecule has 0 aromatic heterocycles. The molecule has 2 N–H and O–H groups in total. The molecule has 1 atom stereocenters. The van der Waals surface area contributed by atoms with E-state index in [9.17, 15) is 9.59 Å². The lowest BCUT2D eigenvalue weighted by molar-refractivity contribution is -0.162. The normalized spacial score (nSPS) is 12.1. The van der Waals surface area contributed by atoms with Crippen LogP contribution in [0.2, 0.25) is 0 Å². The molecule has 0 saturated heterocycles. The number of rotatable bonds is 11. The van der Waals surface area contributed by atoms with Crippen molar-refractivity contribution in [1.29, 1.82) is 0 Å². The van der Waals surface area contributed by atoms with Crippen molar-refractivity contribution in [1.82, 2.24) is 0 Å². The zero-order chi connectivity index (χ0) is 32.5. The van der Waals surface area contributed by atoms with Crippen molar-refractivity contribution in [3.63, 3.8) is 0 Å². The summed E-state index contributed by atoms with van der Waals surface area (Å²) in [4.78, 5) is 28.0. The fourth-order valence-corrected chi connectivity index (χ4v) is 6.09. The van der Waals surface area contributed by atoms with Crippen molar-refractivity contribution in [3.05, 3.63) is 215 Å². The van der Waals surface area contributed by atoms with Crippen LogP contribution in [0.25, 0.3) is 0 Å². The van der Waals surface area contributed by atoms with E-state index in [2.05, 4.69) is 0 Å². The number of esters is 2. The van der Waals surface area contributed by atoms with Crippen molar-refractivity contribution in [2.75, 3.05) is 0 Å². The van der Waals surface area contributed by atoms with Gasteiger partial charge in [-0.05, 0) is 0 Å². The molecule has 6 aromatic rings. The third kappa shape index (κ3) is 6.35. The number of ether oxygens (including phenoxy) is 2. The van der Waals surface area contributed by atoms with Crippen LogP contribution in [0, 0.1) is 0 Å². The van der Waals surface area contributed by atoms with Crippen LogP contribution in [-0.4, -0.2) is 18.0 Å². The van der Waals surface area contributed by atoms with E-state index in [0.717, 1.165) is 33.4 Å². The summed E-state index contributed by atoms with van der Waals surface area (Å²) in [6.07, 6.45) is -0.401. The number of hydrogen-bond donors (Lipinski definition) is 1. The molecule has 6 rings (SSSR count). The van der Waals surface area contributed by atoms with Crippen LogP contribution in [0.1, 0.15) is 39.8 Å². The van der Waals surface area contributed by atoms with Crippen LogP contribution < -0.4 is 5.73 Å². The second kappa shape index (κ2) is 14.1. The molecule has 0 amide bonds. The first kappa shape index (κ1) is 31.2. The second-order valence-electron chi connectivity index (χ2n) is 11.3. The third-order valence-corrected chi connectivity index (χ3v) is 8.29. The molecule has 5 nitrogen and oxygen atoms in total. The van der Waals surface area contributed by atoms with Gasteiger partial charge in [-0.25, -0.2) is 0 Å². The van der Waals surface area contributed by atoms with Crippen LogP contribution >= 0.6 is 0 Å². The van der Waals surface area contributed by atoms with Crippen molar-refractivity contribution < 1.29 is 19.1 Å². The van der Waals surface area contributed by atoms with E-state index in [-0.39, 0.29) is 0 Å². The molecule has 0 bridgehead atoms. The zero-order valence-corrected chi connectivity index (χ0v) is 25.8. The smallest absolute Gasteiger partial charge is 0.325 e. The highest BCUT2D eigenvalue weighted by molar-refractivity contribution is 5.84. The van der Waals surface area contributed by atoms with Gasteiger partial charge in [-0.3, -0.25) is 9.59 Å². The van der Waals surface area contributed by atoms with Crippen molar-refractivity contribution in [2.45, 2.75) is 23.7 Å². The Balaban J connectivity index is 1.35. The fraction of sp³-hybridized carbons (Fsp3) is 0.0952. The predicted molar refractivity (Wildman–Crippen MR) is 183 cm³/mol. The Morgan fingerprint density at radius 1 is 0.426 bits per heavy atom. The molecule has 0 aliphatic heterocycles. The number of hydrogen-bond acceptors (Lipinski definition) is 5. The van der Waals surface area contributed by atoms with Gasteiger partial charge < -0.3 is 15.2 Å². The van der Waals surface area contributed by atoms with Crippen molar-refractivity contribution >= 4 is 11.9 Å². The van der Waals surface area contributed by atoms with Gasteiger partial charge in [0, 0.05) is 33.4 Å². The van der Waals surface area contributed by atoms with E-state index in [4.69, 9.17) is 15.2 Å². The lowest BCUT2D eigenvalue weighted by atomic mass is 9.80. The minimum atomic E-state index is -1.32. The quantitative estimate of drug-likeness (QED) is 0.119. The Morgan fingerprint density at radius 2 is 0.660 bits per heavy atom. The first-order chi connectivity index (χ1) is 23.0. The average Bonchev–Trinajstić information content (AvgIpc) is 3.15. The van der Waals surface area contributed by atoms with E-state index in [1.165, 1.54) is 0 Å². The van der Waals surface area contributed by atoms with Gasteiger partial charge in [0.25, 0.3) is 0 Å². The van der Waals surface area contributed by atoms with E-state index >= 15 is 0 Å². The minimum absolute atomic E-state index is 0.401. The molecule has 6 aromatic carbocycles.